The van der Waals surface area contributed by atoms with Gasteiger partial charge in [0.15, 0.2) is 0 Å². The summed E-state index contributed by atoms with van der Waals surface area (Å²) in [5.41, 5.74) is 0.416. The van der Waals surface area contributed by atoms with E-state index in [1.807, 2.05) is 0 Å². The summed E-state index contributed by atoms with van der Waals surface area (Å²) < 4.78 is 18.0. The van der Waals surface area contributed by atoms with Crippen molar-refractivity contribution in [2.24, 2.45) is 5.92 Å². The van der Waals surface area contributed by atoms with Gasteiger partial charge >= 0.3 is 11.9 Å². The van der Waals surface area contributed by atoms with Gasteiger partial charge in [-0.1, -0.05) is 12.1 Å². The van der Waals surface area contributed by atoms with Gasteiger partial charge in [-0.15, -0.1) is 0 Å². The molecule has 1 aliphatic rings. The summed E-state index contributed by atoms with van der Waals surface area (Å²) in [4.78, 5) is 24.8. The molecule has 0 bridgehead atoms. The Hall–Kier alpha value is -1.95. The second kappa shape index (κ2) is 6.67. The first-order valence-corrected chi connectivity index (χ1v) is 6.83. The molecule has 0 radical (unpaired) electrons. The van der Waals surface area contributed by atoms with E-state index >= 15 is 0 Å². The monoisotopic (exact) mass is 295 g/mol. The van der Waals surface area contributed by atoms with Gasteiger partial charge in [-0.25, -0.2) is 4.39 Å². The molecule has 5 nitrogen and oxygen atoms in total. The Morgan fingerprint density at radius 2 is 2.05 bits per heavy atom. The minimum atomic E-state index is -1.02. The predicted molar refractivity (Wildman–Crippen MR) is 73.1 cm³/mol. The fourth-order valence-electron chi connectivity index (χ4n) is 2.75. The molecule has 21 heavy (non-hydrogen) atoms. The second-order valence-electron chi connectivity index (χ2n) is 5.13. The number of hydrogen-bond acceptors (Lipinski definition) is 4. The van der Waals surface area contributed by atoms with E-state index in [2.05, 4.69) is 0 Å². The first-order chi connectivity index (χ1) is 10.0. The highest BCUT2D eigenvalue weighted by atomic mass is 19.1. The number of carboxylic acids is 1. The molecule has 2 rings (SSSR count). The summed E-state index contributed by atoms with van der Waals surface area (Å²) in [6, 6.07) is 4.74. The number of nitrogens with zero attached hydrogens (tertiary/aromatic N) is 1. The summed E-state index contributed by atoms with van der Waals surface area (Å²) in [6.45, 7) is 0.931. The zero-order valence-corrected chi connectivity index (χ0v) is 11.8. The lowest BCUT2D eigenvalue weighted by Gasteiger charge is -2.34. The van der Waals surface area contributed by atoms with E-state index in [1.165, 1.54) is 25.3 Å². The molecule has 0 aromatic heterocycles. The first-order valence-electron chi connectivity index (χ1n) is 6.83. The molecule has 0 amide bonds. The normalized spacial score (nSPS) is 18.2. The van der Waals surface area contributed by atoms with Crippen LogP contribution >= 0.6 is 0 Å². The number of halogens is 1. The number of aliphatic carboxylic acids is 1. The maximum atomic E-state index is 13.3. The van der Waals surface area contributed by atoms with E-state index in [4.69, 9.17) is 4.74 Å². The van der Waals surface area contributed by atoms with Crippen molar-refractivity contribution in [2.75, 3.05) is 20.2 Å². The number of carbonyl (C=O) groups is 2. The Labute approximate surface area is 122 Å². The molecule has 1 N–H and O–H groups in total. The molecule has 1 atom stereocenters. The maximum absolute atomic E-state index is 13.3. The van der Waals surface area contributed by atoms with Crippen molar-refractivity contribution < 1.29 is 23.8 Å². The van der Waals surface area contributed by atoms with Crippen molar-refractivity contribution in [3.63, 3.8) is 0 Å². The highest BCUT2D eigenvalue weighted by Gasteiger charge is 2.33. The van der Waals surface area contributed by atoms with Gasteiger partial charge in [0.05, 0.1) is 13.0 Å². The highest BCUT2D eigenvalue weighted by molar-refractivity contribution is 5.76. The average Bonchev–Trinajstić information content (AvgIpc) is 2.47. The van der Waals surface area contributed by atoms with Crippen molar-refractivity contribution in [2.45, 2.75) is 18.9 Å². The minimum absolute atomic E-state index is 0.187. The number of ether oxygens (including phenoxy) is 1. The van der Waals surface area contributed by atoms with Crippen molar-refractivity contribution in [3.05, 3.63) is 35.6 Å². The van der Waals surface area contributed by atoms with Gasteiger partial charge < -0.3 is 9.84 Å². The van der Waals surface area contributed by atoms with Gasteiger partial charge in [0.2, 0.25) is 0 Å². The number of benzene rings is 1. The molecule has 1 heterocycles. The molecule has 1 aromatic rings. The number of likely N-dealkylation sites (tertiary alicyclic amines) is 1. The van der Waals surface area contributed by atoms with Gasteiger partial charge in [0, 0.05) is 13.1 Å². The molecule has 114 valence electrons. The third-order valence-electron chi connectivity index (χ3n) is 3.83. The first kappa shape index (κ1) is 15.4. The zero-order valence-electron chi connectivity index (χ0n) is 11.8. The molecule has 1 fully saturated rings. The molecule has 0 saturated carbocycles. The Morgan fingerprint density at radius 3 is 2.57 bits per heavy atom. The van der Waals surface area contributed by atoms with Crippen LogP contribution in [0.5, 0.6) is 0 Å². The fourth-order valence-corrected chi connectivity index (χ4v) is 2.75. The molecular formula is C15H18FNO4. The molecule has 1 saturated heterocycles. The number of methoxy groups -OCH3 is 1. The van der Waals surface area contributed by atoms with Crippen molar-refractivity contribution in [1.29, 1.82) is 0 Å². The third-order valence-corrected chi connectivity index (χ3v) is 3.83. The number of piperidine rings is 1. The van der Waals surface area contributed by atoms with Crippen LogP contribution in [0.4, 0.5) is 4.39 Å². The van der Waals surface area contributed by atoms with Crippen LogP contribution in [0.25, 0.3) is 0 Å². The lowest BCUT2D eigenvalue weighted by Crippen LogP contribution is -2.41. The van der Waals surface area contributed by atoms with Crippen LogP contribution in [-0.4, -0.2) is 42.1 Å². The molecule has 6 heteroatoms. The van der Waals surface area contributed by atoms with Crippen LogP contribution in [0.2, 0.25) is 0 Å². The smallest absolute Gasteiger partial charge is 0.325 e. The van der Waals surface area contributed by atoms with E-state index in [0.717, 1.165) is 0 Å². The minimum Gasteiger partial charge on any atom is -0.480 e. The molecule has 1 aliphatic heterocycles. The van der Waals surface area contributed by atoms with Crippen LogP contribution in [0, 0.1) is 11.7 Å². The number of rotatable bonds is 4. The van der Waals surface area contributed by atoms with Crippen molar-refractivity contribution in [1.82, 2.24) is 4.90 Å². The van der Waals surface area contributed by atoms with E-state index < -0.39 is 17.8 Å². The van der Waals surface area contributed by atoms with Crippen molar-refractivity contribution >= 4 is 11.9 Å². The topological polar surface area (TPSA) is 66.8 Å². The average molecular weight is 295 g/mol. The standard InChI is InChI=1S/C15H18FNO4/c1-21-15(20)10-5-7-17(8-6-10)13(14(18)19)11-3-2-4-12(16)9-11/h2-4,9-10,13H,5-8H2,1H3,(H,18,19). The van der Waals surface area contributed by atoms with E-state index in [0.29, 0.717) is 31.5 Å². The summed E-state index contributed by atoms with van der Waals surface area (Å²) in [6.07, 6.45) is 1.09. The van der Waals surface area contributed by atoms with E-state index in [1.54, 1.807) is 11.0 Å². The predicted octanol–water partition coefficient (Wildman–Crippen LogP) is 1.84. The Kier molecular flexibility index (Phi) is 4.90. The van der Waals surface area contributed by atoms with Crippen LogP contribution in [0.1, 0.15) is 24.4 Å². The lowest BCUT2D eigenvalue weighted by molar-refractivity contribution is -0.148. The number of carboxylic acid groups (broad SMARTS) is 1. The molecule has 0 spiro atoms. The fraction of sp³-hybridized carbons (Fsp3) is 0.467. The Morgan fingerprint density at radius 1 is 1.38 bits per heavy atom. The Bertz CT molecular complexity index is 526. The molecule has 1 unspecified atom stereocenters. The van der Waals surface area contributed by atoms with Gasteiger partial charge in [0.1, 0.15) is 11.9 Å². The summed E-state index contributed by atoms with van der Waals surface area (Å²) in [7, 11) is 1.35. The van der Waals surface area contributed by atoms with Gasteiger partial charge in [-0.2, -0.15) is 0 Å². The van der Waals surface area contributed by atoms with Crippen LogP contribution in [-0.2, 0) is 14.3 Å². The second-order valence-corrected chi connectivity index (χ2v) is 5.13. The molecule has 1 aromatic carbocycles. The van der Waals surface area contributed by atoms with Gasteiger partial charge in [-0.3, -0.25) is 14.5 Å². The van der Waals surface area contributed by atoms with E-state index in [9.17, 15) is 19.1 Å². The summed E-state index contributed by atoms with van der Waals surface area (Å²) >= 11 is 0. The number of esters is 1. The summed E-state index contributed by atoms with van der Waals surface area (Å²) in [5.74, 6) is -1.92. The maximum Gasteiger partial charge on any atom is 0.325 e. The molecule has 0 aliphatic carbocycles. The largest absolute Gasteiger partial charge is 0.480 e. The third kappa shape index (κ3) is 3.58. The van der Waals surface area contributed by atoms with Gasteiger partial charge in [-0.05, 0) is 30.5 Å². The highest BCUT2D eigenvalue weighted by Crippen LogP contribution is 2.28. The number of carbonyl (C=O) groups excluding carboxylic acids is 1. The summed E-state index contributed by atoms with van der Waals surface area (Å²) in [5, 5.41) is 9.44. The lowest BCUT2D eigenvalue weighted by atomic mass is 9.94. The number of hydrogen-bond donors (Lipinski definition) is 1. The SMILES string of the molecule is COC(=O)C1CCN(C(C(=O)O)c2cccc(F)c2)CC1. The zero-order chi connectivity index (χ0) is 15.4. The van der Waals surface area contributed by atoms with Crippen LogP contribution in [0.15, 0.2) is 24.3 Å². The van der Waals surface area contributed by atoms with E-state index in [-0.39, 0.29) is 11.9 Å². The molecular weight excluding hydrogens is 277 g/mol. The van der Waals surface area contributed by atoms with Crippen LogP contribution in [0.3, 0.4) is 0 Å². The quantitative estimate of drug-likeness (QED) is 0.859. The Balaban J connectivity index is 2.11. The van der Waals surface area contributed by atoms with Crippen LogP contribution < -0.4 is 0 Å². The van der Waals surface area contributed by atoms with Gasteiger partial charge in [0.25, 0.3) is 0 Å². The van der Waals surface area contributed by atoms with Crippen molar-refractivity contribution in [3.8, 4) is 0 Å².